The van der Waals surface area contributed by atoms with Gasteiger partial charge in [0.15, 0.2) is 22.2 Å². The zero-order valence-electron chi connectivity index (χ0n) is 18.5. The van der Waals surface area contributed by atoms with E-state index in [0.717, 1.165) is 55.1 Å². The summed E-state index contributed by atoms with van der Waals surface area (Å²) in [5.41, 5.74) is 2.60. The van der Waals surface area contributed by atoms with Crippen molar-refractivity contribution in [2.75, 3.05) is 30.5 Å². The predicted molar refractivity (Wildman–Crippen MR) is 126 cm³/mol. The zero-order chi connectivity index (χ0) is 22.8. The molecule has 8 heteroatoms. The highest BCUT2D eigenvalue weighted by atomic mass is 32.2. The third kappa shape index (κ3) is 4.77. The number of fused-ring (bicyclic) bond motifs is 1. The molecule has 0 amide bonds. The molecule has 33 heavy (non-hydrogen) atoms. The second-order valence-corrected chi connectivity index (χ2v) is 9.72. The number of piperidine rings is 1. The van der Waals surface area contributed by atoms with E-state index in [2.05, 4.69) is 21.8 Å². The number of aryl methyl sites for hydroxylation is 1. The molecule has 2 aliphatic rings. The number of nitrogens with zero attached hydrogens (tertiary/aromatic N) is 3. The van der Waals surface area contributed by atoms with E-state index in [9.17, 15) is 8.94 Å². The Morgan fingerprint density at radius 2 is 1.94 bits per heavy atom. The normalized spacial score (nSPS) is 18.2. The van der Waals surface area contributed by atoms with Crippen LogP contribution in [0, 0.1) is 11.7 Å². The maximum atomic E-state index is 14.8. The molecule has 3 heterocycles. The first-order valence-electron chi connectivity index (χ1n) is 11.3. The smallest absolute Gasteiger partial charge is 0.250 e. The molecule has 1 saturated heterocycles. The van der Waals surface area contributed by atoms with Gasteiger partial charge in [-0.2, -0.15) is 0 Å². The molecule has 1 atom stereocenters. The van der Waals surface area contributed by atoms with E-state index in [1.54, 1.807) is 12.1 Å². The molecule has 0 spiro atoms. The number of anilines is 1. The lowest BCUT2D eigenvalue weighted by Gasteiger charge is -2.32. The van der Waals surface area contributed by atoms with Crippen LogP contribution >= 0.6 is 0 Å². The molecular weight excluding hydrogens is 441 g/mol. The predicted octanol–water partition coefficient (Wildman–Crippen LogP) is 4.60. The molecule has 1 aromatic heterocycles. The SMILES string of the molecule is CCc1ccnc(N2CCC(COc3ccc(-c4ccc5c(c4)OC[S+]5[O-])cc3F)CC2)n1. The van der Waals surface area contributed by atoms with Crippen molar-refractivity contribution < 1.29 is 18.4 Å². The number of benzene rings is 2. The number of ether oxygens (including phenoxy) is 2. The lowest BCUT2D eigenvalue weighted by atomic mass is 9.98. The van der Waals surface area contributed by atoms with Crippen molar-refractivity contribution in [2.24, 2.45) is 5.92 Å². The Morgan fingerprint density at radius 3 is 2.73 bits per heavy atom. The van der Waals surface area contributed by atoms with Gasteiger partial charge in [-0.05, 0) is 72.7 Å². The first-order valence-corrected chi connectivity index (χ1v) is 12.6. The third-order valence-corrected chi connectivity index (χ3v) is 7.37. The maximum absolute atomic E-state index is 14.8. The van der Waals surface area contributed by atoms with Crippen LogP contribution in [0.15, 0.2) is 53.6 Å². The number of hydrogen-bond acceptors (Lipinski definition) is 6. The highest BCUT2D eigenvalue weighted by Gasteiger charge is 2.26. The van der Waals surface area contributed by atoms with Gasteiger partial charge in [0.2, 0.25) is 5.95 Å². The van der Waals surface area contributed by atoms with Gasteiger partial charge in [0.25, 0.3) is 5.94 Å². The van der Waals surface area contributed by atoms with E-state index < -0.39 is 11.2 Å². The van der Waals surface area contributed by atoms with E-state index in [4.69, 9.17) is 9.47 Å². The number of halogens is 1. The van der Waals surface area contributed by atoms with Crippen LogP contribution in [0.25, 0.3) is 11.1 Å². The fourth-order valence-corrected chi connectivity index (χ4v) is 5.13. The largest absolute Gasteiger partial charge is 0.609 e. The molecule has 2 aromatic carbocycles. The highest BCUT2D eigenvalue weighted by Crippen LogP contribution is 2.36. The van der Waals surface area contributed by atoms with Crippen LogP contribution in [0.3, 0.4) is 0 Å². The van der Waals surface area contributed by atoms with E-state index in [1.165, 1.54) is 6.07 Å². The summed E-state index contributed by atoms with van der Waals surface area (Å²) in [5.74, 6) is 1.81. The van der Waals surface area contributed by atoms with E-state index >= 15 is 0 Å². The first-order chi connectivity index (χ1) is 16.1. The molecular formula is C25H26FN3O3S. The van der Waals surface area contributed by atoms with E-state index in [0.29, 0.717) is 23.2 Å². The van der Waals surface area contributed by atoms with Crippen LogP contribution in [0.5, 0.6) is 11.5 Å². The van der Waals surface area contributed by atoms with Gasteiger partial charge in [-0.25, -0.2) is 14.4 Å². The second kappa shape index (κ2) is 9.57. The lowest BCUT2D eigenvalue weighted by Crippen LogP contribution is -2.36. The fourth-order valence-electron chi connectivity index (χ4n) is 4.21. The summed E-state index contributed by atoms with van der Waals surface area (Å²) in [5, 5.41) is 0. The Bertz CT molecular complexity index is 1140. The van der Waals surface area contributed by atoms with Gasteiger partial charge in [-0.3, -0.25) is 0 Å². The molecule has 2 aliphatic heterocycles. The number of hydrogen-bond donors (Lipinski definition) is 0. The summed E-state index contributed by atoms with van der Waals surface area (Å²) in [6.07, 6.45) is 4.62. The molecule has 0 saturated carbocycles. The van der Waals surface area contributed by atoms with Crippen LogP contribution < -0.4 is 14.4 Å². The molecule has 0 N–H and O–H groups in total. The van der Waals surface area contributed by atoms with Gasteiger partial charge in [-0.15, -0.1) is 0 Å². The quantitative estimate of drug-likeness (QED) is 0.494. The van der Waals surface area contributed by atoms with Gasteiger partial charge in [0.05, 0.1) is 6.61 Å². The second-order valence-electron chi connectivity index (χ2n) is 8.36. The van der Waals surface area contributed by atoms with Gasteiger partial charge in [0, 0.05) is 36.2 Å². The van der Waals surface area contributed by atoms with Crippen LogP contribution in [0.1, 0.15) is 25.5 Å². The molecule has 0 aliphatic carbocycles. The molecule has 5 rings (SSSR count). The monoisotopic (exact) mass is 467 g/mol. The summed E-state index contributed by atoms with van der Waals surface area (Å²) < 4.78 is 37.9. The van der Waals surface area contributed by atoms with Gasteiger partial charge < -0.3 is 18.9 Å². The zero-order valence-corrected chi connectivity index (χ0v) is 19.3. The Kier molecular flexibility index (Phi) is 6.37. The van der Waals surface area contributed by atoms with Crippen molar-refractivity contribution in [3.05, 3.63) is 60.2 Å². The Hall–Kier alpha value is -2.84. The average Bonchev–Trinajstić information content (AvgIpc) is 3.23. The van der Waals surface area contributed by atoms with Crippen LogP contribution in [0.4, 0.5) is 10.3 Å². The summed E-state index contributed by atoms with van der Waals surface area (Å²) in [7, 11) is 0. The van der Waals surface area contributed by atoms with Gasteiger partial charge in [-0.1, -0.05) is 13.0 Å². The van der Waals surface area contributed by atoms with E-state index in [1.807, 2.05) is 30.5 Å². The molecule has 3 aromatic rings. The molecule has 0 bridgehead atoms. The number of aromatic nitrogens is 2. The Labute approximate surface area is 196 Å². The van der Waals surface area contributed by atoms with Crippen LogP contribution in [-0.4, -0.2) is 40.2 Å². The molecule has 6 nitrogen and oxygen atoms in total. The van der Waals surface area contributed by atoms with Crippen molar-refractivity contribution in [3.8, 4) is 22.6 Å². The third-order valence-electron chi connectivity index (χ3n) is 6.21. The lowest BCUT2D eigenvalue weighted by molar-refractivity contribution is 0.215. The first kappa shape index (κ1) is 22.0. The molecule has 0 radical (unpaired) electrons. The summed E-state index contributed by atoms with van der Waals surface area (Å²) in [6.45, 7) is 4.31. The minimum Gasteiger partial charge on any atom is -0.609 e. The van der Waals surface area contributed by atoms with E-state index in [-0.39, 0.29) is 17.5 Å². The minimum absolute atomic E-state index is 0.178. The van der Waals surface area contributed by atoms with Crippen LogP contribution in [-0.2, 0) is 17.6 Å². The van der Waals surface area contributed by atoms with Crippen molar-refractivity contribution in [1.82, 2.24) is 9.97 Å². The highest BCUT2D eigenvalue weighted by molar-refractivity contribution is 7.91. The fraction of sp³-hybridized carbons (Fsp3) is 0.360. The van der Waals surface area contributed by atoms with Gasteiger partial charge in [0.1, 0.15) is 0 Å². The van der Waals surface area contributed by atoms with Gasteiger partial charge >= 0.3 is 0 Å². The molecule has 1 unspecified atom stereocenters. The van der Waals surface area contributed by atoms with Crippen LogP contribution in [0.2, 0.25) is 0 Å². The minimum atomic E-state index is -1.12. The molecule has 1 fully saturated rings. The Balaban J connectivity index is 1.17. The molecule has 172 valence electrons. The summed E-state index contributed by atoms with van der Waals surface area (Å²) in [4.78, 5) is 11.9. The topological polar surface area (TPSA) is 70.5 Å². The Morgan fingerprint density at radius 1 is 1.15 bits per heavy atom. The van der Waals surface area contributed by atoms with Crippen molar-refractivity contribution in [1.29, 1.82) is 0 Å². The van der Waals surface area contributed by atoms with Crippen molar-refractivity contribution >= 4 is 17.1 Å². The van der Waals surface area contributed by atoms with Crippen molar-refractivity contribution in [3.63, 3.8) is 0 Å². The van der Waals surface area contributed by atoms with Crippen molar-refractivity contribution in [2.45, 2.75) is 31.1 Å². The number of rotatable bonds is 6. The maximum Gasteiger partial charge on any atom is 0.250 e. The summed E-state index contributed by atoms with van der Waals surface area (Å²) in [6, 6.07) is 12.4. The summed E-state index contributed by atoms with van der Waals surface area (Å²) >= 11 is -1.12. The average molecular weight is 468 g/mol. The standard InChI is InChI=1S/C25H26FN3O3S/c1-2-20-7-10-27-25(28-20)29-11-8-17(9-12-29)15-31-22-5-3-18(13-21(22)26)19-4-6-24-23(14-19)32-16-33(24)30/h3-7,10,13-14,17H,2,8-9,11-12,15-16H2,1H3.